The summed E-state index contributed by atoms with van der Waals surface area (Å²) in [6.07, 6.45) is 1.06. The molecule has 3 rings (SSSR count). The van der Waals surface area contributed by atoms with Crippen molar-refractivity contribution in [1.82, 2.24) is 0 Å². The zero-order chi connectivity index (χ0) is 14.8. The zero-order valence-electron chi connectivity index (χ0n) is 12.3. The summed E-state index contributed by atoms with van der Waals surface area (Å²) in [7, 11) is 0. The molecule has 0 saturated carbocycles. The van der Waals surface area contributed by atoms with Crippen LogP contribution in [0, 0.1) is 6.92 Å². The Labute approximate surface area is 135 Å². The molecule has 0 spiro atoms. The topological polar surface area (TPSA) is 29.3 Å². The van der Waals surface area contributed by atoms with Crippen molar-refractivity contribution in [2.75, 3.05) is 18.0 Å². The van der Waals surface area contributed by atoms with Gasteiger partial charge in [0.15, 0.2) is 0 Å². The second-order valence-electron chi connectivity index (χ2n) is 5.99. The van der Waals surface area contributed by atoms with Crippen molar-refractivity contribution in [3.63, 3.8) is 0 Å². The number of halogens is 1. The Kier molecular flexibility index (Phi) is 4.32. The maximum atomic E-state index is 6.30. The van der Waals surface area contributed by atoms with E-state index in [1.807, 2.05) is 0 Å². The molecule has 21 heavy (non-hydrogen) atoms. The maximum absolute atomic E-state index is 6.30. The lowest BCUT2D eigenvalue weighted by Crippen LogP contribution is -2.46. The van der Waals surface area contributed by atoms with Gasteiger partial charge in [-0.25, -0.2) is 0 Å². The van der Waals surface area contributed by atoms with E-state index in [1.165, 1.54) is 16.8 Å². The number of rotatable bonds is 2. The van der Waals surface area contributed by atoms with E-state index < -0.39 is 0 Å². The fourth-order valence-electron chi connectivity index (χ4n) is 3.10. The molecule has 2 N–H and O–H groups in total. The van der Waals surface area contributed by atoms with Crippen LogP contribution in [0.3, 0.4) is 0 Å². The van der Waals surface area contributed by atoms with Gasteiger partial charge in [0.2, 0.25) is 0 Å². The van der Waals surface area contributed by atoms with Crippen LogP contribution in [0.1, 0.15) is 23.5 Å². The molecule has 3 heteroatoms. The van der Waals surface area contributed by atoms with Crippen molar-refractivity contribution >= 4 is 21.6 Å². The van der Waals surface area contributed by atoms with Gasteiger partial charge < -0.3 is 10.6 Å². The number of piperidine rings is 1. The van der Waals surface area contributed by atoms with Crippen molar-refractivity contribution < 1.29 is 0 Å². The second-order valence-corrected chi connectivity index (χ2v) is 6.90. The molecule has 2 atom stereocenters. The van der Waals surface area contributed by atoms with Crippen LogP contribution in [-0.2, 0) is 0 Å². The van der Waals surface area contributed by atoms with Crippen LogP contribution in [0.4, 0.5) is 5.69 Å². The molecule has 2 nitrogen and oxygen atoms in total. The number of nitrogens with zero attached hydrogens (tertiary/aromatic N) is 1. The lowest BCUT2D eigenvalue weighted by atomic mass is 9.88. The number of hydrogen-bond acceptors (Lipinski definition) is 2. The van der Waals surface area contributed by atoms with Gasteiger partial charge >= 0.3 is 0 Å². The summed E-state index contributed by atoms with van der Waals surface area (Å²) in [5.74, 6) is 0.508. The van der Waals surface area contributed by atoms with Gasteiger partial charge in [-0.15, -0.1) is 0 Å². The van der Waals surface area contributed by atoms with Crippen molar-refractivity contribution in [1.29, 1.82) is 0 Å². The van der Waals surface area contributed by atoms with Gasteiger partial charge in [0.05, 0.1) is 0 Å². The second kappa shape index (κ2) is 6.20. The van der Waals surface area contributed by atoms with E-state index in [9.17, 15) is 0 Å². The first kappa shape index (κ1) is 14.6. The summed E-state index contributed by atoms with van der Waals surface area (Å²) in [4.78, 5) is 2.41. The molecule has 1 aliphatic rings. The van der Waals surface area contributed by atoms with Gasteiger partial charge in [-0.05, 0) is 37.1 Å². The van der Waals surface area contributed by atoms with Crippen LogP contribution in [0.25, 0.3) is 0 Å². The van der Waals surface area contributed by atoms with E-state index in [-0.39, 0.29) is 6.04 Å². The minimum absolute atomic E-state index is 0.226. The zero-order valence-corrected chi connectivity index (χ0v) is 13.9. The molecule has 2 aromatic rings. The molecule has 1 saturated heterocycles. The van der Waals surface area contributed by atoms with E-state index in [0.29, 0.717) is 5.92 Å². The van der Waals surface area contributed by atoms with Crippen LogP contribution in [0.5, 0.6) is 0 Å². The SMILES string of the molecule is Cc1ccc(C2CC(N)CN(c3cccc(Br)c3)C2)cc1. The number of hydrogen-bond donors (Lipinski definition) is 1. The molecular weight excluding hydrogens is 324 g/mol. The molecule has 110 valence electrons. The number of nitrogens with two attached hydrogens (primary N) is 1. The van der Waals surface area contributed by atoms with Gasteiger partial charge in [0, 0.05) is 35.2 Å². The molecule has 0 radical (unpaired) electrons. The van der Waals surface area contributed by atoms with E-state index >= 15 is 0 Å². The highest BCUT2D eigenvalue weighted by Crippen LogP contribution is 2.30. The monoisotopic (exact) mass is 344 g/mol. The summed E-state index contributed by atoms with van der Waals surface area (Å²) >= 11 is 3.55. The summed E-state index contributed by atoms with van der Waals surface area (Å²) in [6.45, 7) is 4.09. The van der Waals surface area contributed by atoms with Gasteiger partial charge in [0.1, 0.15) is 0 Å². The highest BCUT2D eigenvalue weighted by molar-refractivity contribution is 9.10. The maximum Gasteiger partial charge on any atom is 0.0378 e. The first-order chi connectivity index (χ1) is 10.1. The minimum Gasteiger partial charge on any atom is -0.369 e. The van der Waals surface area contributed by atoms with Gasteiger partial charge in [-0.2, -0.15) is 0 Å². The highest BCUT2D eigenvalue weighted by Gasteiger charge is 2.26. The Bertz CT molecular complexity index is 609. The lowest BCUT2D eigenvalue weighted by Gasteiger charge is -2.38. The fourth-order valence-corrected chi connectivity index (χ4v) is 3.49. The number of benzene rings is 2. The van der Waals surface area contributed by atoms with E-state index in [0.717, 1.165) is 24.0 Å². The first-order valence-electron chi connectivity index (χ1n) is 7.44. The molecule has 2 aromatic carbocycles. The standard InChI is InChI=1S/C18H21BrN2/c1-13-5-7-14(8-6-13)15-9-17(20)12-21(11-15)18-4-2-3-16(19)10-18/h2-8,10,15,17H,9,11-12,20H2,1H3. The molecule has 0 bridgehead atoms. The van der Waals surface area contributed by atoms with Crippen LogP contribution < -0.4 is 10.6 Å². The largest absolute Gasteiger partial charge is 0.369 e. The fraction of sp³-hybridized carbons (Fsp3) is 0.333. The normalized spacial score (nSPS) is 22.3. The van der Waals surface area contributed by atoms with Crippen molar-refractivity contribution in [2.45, 2.75) is 25.3 Å². The molecule has 1 heterocycles. The van der Waals surface area contributed by atoms with Gasteiger partial charge in [-0.3, -0.25) is 0 Å². The van der Waals surface area contributed by atoms with E-state index in [2.05, 4.69) is 76.3 Å². The van der Waals surface area contributed by atoms with Crippen LogP contribution >= 0.6 is 15.9 Å². The summed E-state index contributed by atoms with van der Waals surface area (Å²) in [6, 6.07) is 17.6. The van der Waals surface area contributed by atoms with Crippen molar-refractivity contribution in [3.8, 4) is 0 Å². The average molecular weight is 345 g/mol. The minimum atomic E-state index is 0.226. The molecule has 1 aliphatic heterocycles. The van der Waals surface area contributed by atoms with Crippen molar-refractivity contribution in [2.24, 2.45) is 5.73 Å². The number of aryl methyl sites for hydroxylation is 1. The van der Waals surface area contributed by atoms with E-state index in [1.54, 1.807) is 0 Å². The summed E-state index contributed by atoms with van der Waals surface area (Å²) in [5, 5.41) is 0. The third kappa shape index (κ3) is 3.47. The highest BCUT2D eigenvalue weighted by atomic mass is 79.9. The Hall–Kier alpha value is -1.32. The van der Waals surface area contributed by atoms with Gasteiger partial charge in [0.25, 0.3) is 0 Å². The molecule has 0 aromatic heterocycles. The third-order valence-electron chi connectivity index (χ3n) is 4.21. The lowest BCUT2D eigenvalue weighted by molar-refractivity contribution is 0.454. The Balaban J connectivity index is 1.83. The van der Waals surface area contributed by atoms with Gasteiger partial charge in [-0.1, -0.05) is 51.8 Å². The quantitative estimate of drug-likeness (QED) is 0.889. The Morgan fingerprint density at radius 1 is 1.10 bits per heavy atom. The number of anilines is 1. The van der Waals surface area contributed by atoms with Crippen LogP contribution in [0.2, 0.25) is 0 Å². The Morgan fingerprint density at radius 3 is 2.57 bits per heavy atom. The smallest absolute Gasteiger partial charge is 0.0378 e. The van der Waals surface area contributed by atoms with Crippen molar-refractivity contribution in [3.05, 3.63) is 64.1 Å². The van der Waals surface area contributed by atoms with Crippen LogP contribution in [-0.4, -0.2) is 19.1 Å². The van der Waals surface area contributed by atoms with Crippen LogP contribution in [0.15, 0.2) is 53.0 Å². The average Bonchev–Trinajstić information content (AvgIpc) is 2.47. The predicted octanol–water partition coefficient (Wildman–Crippen LogP) is 4.08. The molecule has 0 amide bonds. The molecular formula is C18H21BrN2. The Morgan fingerprint density at radius 2 is 1.86 bits per heavy atom. The van der Waals surface area contributed by atoms with E-state index in [4.69, 9.17) is 5.73 Å². The third-order valence-corrected chi connectivity index (χ3v) is 4.70. The summed E-state index contributed by atoms with van der Waals surface area (Å²) in [5.41, 5.74) is 10.3. The predicted molar refractivity (Wildman–Crippen MR) is 92.9 cm³/mol. The molecule has 0 aliphatic carbocycles. The molecule has 2 unspecified atom stereocenters. The first-order valence-corrected chi connectivity index (χ1v) is 8.24. The molecule has 1 fully saturated rings. The summed E-state index contributed by atoms with van der Waals surface area (Å²) < 4.78 is 1.12.